The predicted molar refractivity (Wildman–Crippen MR) is 121 cm³/mol. The summed E-state index contributed by atoms with van der Waals surface area (Å²) >= 11 is 0. The number of carbonyl (C=O) groups excluding carboxylic acids is 1. The molecule has 0 bridgehead atoms. The van der Waals surface area contributed by atoms with E-state index in [-0.39, 0.29) is 5.91 Å². The van der Waals surface area contributed by atoms with Crippen LogP contribution in [0.4, 0.5) is 11.5 Å². The molecular weight excluding hydrogens is 388 g/mol. The van der Waals surface area contributed by atoms with Crippen molar-refractivity contribution < 1.29 is 4.79 Å². The minimum atomic E-state index is -0.205. The number of carbonyl (C=O) groups is 1. The number of amides is 1. The van der Waals surface area contributed by atoms with Crippen molar-refractivity contribution in [3.05, 3.63) is 96.2 Å². The highest BCUT2D eigenvalue weighted by Crippen LogP contribution is 2.31. The summed E-state index contributed by atoms with van der Waals surface area (Å²) in [6.45, 7) is 2.53. The topological polar surface area (TPSA) is 84.2 Å². The van der Waals surface area contributed by atoms with E-state index in [1.165, 1.54) is 6.33 Å². The zero-order valence-electron chi connectivity index (χ0n) is 16.9. The van der Waals surface area contributed by atoms with Gasteiger partial charge in [-0.1, -0.05) is 24.3 Å². The van der Waals surface area contributed by atoms with Gasteiger partial charge in [0.15, 0.2) is 5.65 Å². The standard InChI is InChI=1S/C24H20N6O/c1-16-6-4-8-18(12-16)29-24(31)20-19-9-2-3-11-30(19)23-21(20)22(27-15-28-23)26-14-17-7-5-10-25-13-17/h2-13,15H,14H2,1H3,(H,29,31)(H,26,27,28). The summed E-state index contributed by atoms with van der Waals surface area (Å²) in [6.07, 6.45) is 6.95. The summed E-state index contributed by atoms with van der Waals surface area (Å²) in [5.74, 6) is 0.399. The van der Waals surface area contributed by atoms with Gasteiger partial charge in [0.1, 0.15) is 12.1 Å². The molecular formula is C24H20N6O. The smallest absolute Gasteiger partial charge is 0.258 e. The van der Waals surface area contributed by atoms with E-state index < -0.39 is 0 Å². The van der Waals surface area contributed by atoms with Crippen LogP contribution in [-0.4, -0.2) is 25.3 Å². The Balaban J connectivity index is 1.62. The highest BCUT2D eigenvalue weighted by atomic mass is 16.1. The van der Waals surface area contributed by atoms with E-state index in [1.807, 2.05) is 72.1 Å². The zero-order valence-corrected chi connectivity index (χ0v) is 16.9. The van der Waals surface area contributed by atoms with Crippen LogP contribution in [0.1, 0.15) is 21.5 Å². The van der Waals surface area contributed by atoms with E-state index in [1.54, 1.807) is 12.4 Å². The quantitative estimate of drug-likeness (QED) is 0.449. The highest BCUT2D eigenvalue weighted by Gasteiger charge is 2.22. The third kappa shape index (κ3) is 3.57. The average molecular weight is 408 g/mol. The molecule has 5 aromatic rings. The third-order valence-electron chi connectivity index (χ3n) is 5.11. The summed E-state index contributed by atoms with van der Waals surface area (Å²) in [4.78, 5) is 26.5. The number of nitrogens with zero attached hydrogens (tertiary/aromatic N) is 4. The van der Waals surface area contributed by atoms with Crippen LogP contribution in [0, 0.1) is 6.92 Å². The molecule has 0 radical (unpaired) electrons. The number of aromatic nitrogens is 4. The first-order valence-corrected chi connectivity index (χ1v) is 9.95. The van der Waals surface area contributed by atoms with E-state index in [9.17, 15) is 4.79 Å². The first-order valence-electron chi connectivity index (χ1n) is 9.95. The molecule has 0 unspecified atom stereocenters. The van der Waals surface area contributed by atoms with Gasteiger partial charge in [-0.2, -0.15) is 0 Å². The molecule has 0 spiro atoms. The lowest BCUT2D eigenvalue weighted by Crippen LogP contribution is -2.13. The van der Waals surface area contributed by atoms with Crippen LogP contribution in [0.3, 0.4) is 0 Å². The van der Waals surface area contributed by atoms with Crippen LogP contribution in [0.25, 0.3) is 16.6 Å². The molecule has 5 rings (SSSR count). The van der Waals surface area contributed by atoms with Gasteiger partial charge >= 0.3 is 0 Å². The fourth-order valence-electron chi connectivity index (χ4n) is 3.72. The predicted octanol–water partition coefficient (Wildman–Crippen LogP) is 4.45. The number of fused-ring (bicyclic) bond motifs is 3. The molecule has 4 aromatic heterocycles. The van der Waals surface area contributed by atoms with E-state index in [0.717, 1.165) is 22.3 Å². The van der Waals surface area contributed by atoms with Crippen molar-refractivity contribution in [3.63, 3.8) is 0 Å². The molecule has 31 heavy (non-hydrogen) atoms. The lowest BCUT2D eigenvalue weighted by molar-refractivity contribution is 0.103. The monoisotopic (exact) mass is 408 g/mol. The molecule has 0 saturated carbocycles. The summed E-state index contributed by atoms with van der Waals surface area (Å²) in [5.41, 5.74) is 4.82. The van der Waals surface area contributed by atoms with Crippen LogP contribution >= 0.6 is 0 Å². The lowest BCUT2D eigenvalue weighted by atomic mass is 10.1. The summed E-state index contributed by atoms with van der Waals surface area (Å²) in [5, 5.41) is 7.06. The van der Waals surface area contributed by atoms with Crippen LogP contribution in [0.5, 0.6) is 0 Å². The van der Waals surface area contributed by atoms with Crippen molar-refractivity contribution in [1.82, 2.24) is 19.4 Å². The molecule has 1 aromatic carbocycles. The van der Waals surface area contributed by atoms with Crippen LogP contribution in [0.2, 0.25) is 0 Å². The van der Waals surface area contributed by atoms with Gasteiger partial charge in [0, 0.05) is 30.8 Å². The van der Waals surface area contributed by atoms with Gasteiger partial charge in [0.25, 0.3) is 5.91 Å². The second-order valence-corrected chi connectivity index (χ2v) is 7.29. The van der Waals surface area contributed by atoms with Crippen molar-refractivity contribution in [2.45, 2.75) is 13.5 Å². The Hall–Kier alpha value is -4.26. The average Bonchev–Trinajstić information content (AvgIpc) is 3.14. The lowest BCUT2D eigenvalue weighted by Gasteiger charge is -2.09. The molecule has 2 N–H and O–H groups in total. The Morgan fingerprint density at radius 1 is 1.06 bits per heavy atom. The Morgan fingerprint density at radius 2 is 2.00 bits per heavy atom. The molecule has 0 saturated heterocycles. The molecule has 0 aliphatic rings. The second kappa shape index (κ2) is 7.87. The Morgan fingerprint density at radius 3 is 2.84 bits per heavy atom. The van der Waals surface area contributed by atoms with Crippen LogP contribution in [-0.2, 0) is 6.54 Å². The highest BCUT2D eigenvalue weighted by molar-refractivity contribution is 6.20. The molecule has 0 fully saturated rings. The molecule has 0 aliphatic carbocycles. The molecule has 1 amide bonds. The van der Waals surface area contributed by atoms with Crippen molar-refractivity contribution in [2.24, 2.45) is 0 Å². The van der Waals surface area contributed by atoms with Gasteiger partial charge in [-0.15, -0.1) is 0 Å². The summed E-state index contributed by atoms with van der Waals surface area (Å²) < 4.78 is 1.91. The van der Waals surface area contributed by atoms with Crippen molar-refractivity contribution >= 4 is 34.0 Å². The normalized spacial score (nSPS) is 11.0. The van der Waals surface area contributed by atoms with Gasteiger partial charge in [0.05, 0.1) is 16.5 Å². The van der Waals surface area contributed by atoms with Gasteiger partial charge in [-0.05, 0) is 48.4 Å². The number of anilines is 2. The Bertz CT molecular complexity index is 1390. The fraction of sp³-hybridized carbons (Fsp3) is 0.0833. The van der Waals surface area contributed by atoms with Gasteiger partial charge < -0.3 is 15.0 Å². The number of rotatable bonds is 5. The second-order valence-electron chi connectivity index (χ2n) is 7.29. The first kappa shape index (κ1) is 18.7. The maximum absolute atomic E-state index is 13.4. The fourth-order valence-corrected chi connectivity index (χ4v) is 3.72. The number of hydrogen-bond donors (Lipinski definition) is 2. The molecule has 152 valence electrons. The number of hydrogen-bond acceptors (Lipinski definition) is 5. The van der Waals surface area contributed by atoms with E-state index in [4.69, 9.17) is 0 Å². The number of nitrogens with one attached hydrogen (secondary N) is 2. The number of benzene rings is 1. The van der Waals surface area contributed by atoms with Crippen LogP contribution < -0.4 is 10.6 Å². The van der Waals surface area contributed by atoms with Crippen molar-refractivity contribution in [3.8, 4) is 0 Å². The molecule has 4 heterocycles. The molecule has 0 aliphatic heterocycles. The molecule has 0 atom stereocenters. The van der Waals surface area contributed by atoms with Crippen LogP contribution in [0.15, 0.2) is 79.5 Å². The zero-order chi connectivity index (χ0) is 21.2. The minimum Gasteiger partial charge on any atom is -0.365 e. The minimum absolute atomic E-state index is 0.205. The maximum atomic E-state index is 13.4. The maximum Gasteiger partial charge on any atom is 0.258 e. The third-order valence-corrected chi connectivity index (χ3v) is 5.11. The SMILES string of the molecule is Cc1cccc(NC(=O)c2c3c(NCc4cccnc4)ncnc3n3ccccc23)c1. The Kier molecular flexibility index (Phi) is 4.76. The van der Waals surface area contributed by atoms with Gasteiger partial charge in [-0.3, -0.25) is 9.78 Å². The largest absolute Gasteiger partial charge is 0.365 e. The van der Waals surface area contributed by atoms with Gasteiger partial charge in [0.2, 0.25) is 0 Å². The van der Waals surface area contributed by atoms with Crippen molar-refractivity contribution in [1.29, 1.82) is 0 Å². The van der Waals surface area contributed by atoms with Gasteiger partial charge in [-0.25, -0.2) is 9.97 Å². The summed E-state index contributed by atoms with van der Waals surface area (Å²) in [6, 6.07) is 17.4. The van der Waals surface area contributed by atoms with E-state index >= 15 is 0 Å². The van der Waals surface area contributed by atoms with Crippen molar-refractivity contribution in [2.75, 3.05) is 10.6 Å². The molecule has 7 heteroatoms. The first-order chi connectivity index (χ1) is 15.2. The number of aryl methyl sites for hydroxylation is 1. The summed E-state index contributed by atoms with van der Waals surface area (Å²) in [7, 11) is 0. The van der Waals surface area contributed by atoms with E-state index in [0.29, 0.717) is 29.0 Å². The van der Waals surface area contributed by atoms with E-state index in [2.05, 4.69) is 25.6 Å². The number of pyridine rings is 2. The Labute approximate surface area is 178 Å². The molecule has 7 nitrogen and oxygen atoms in total.